The van der Waals surface area contributed by atoms with E-state index < -0.39 is 16.9 Å². The van der Waals surface area contributed by atoms with Gasteiger partial charge in [-0.25, -0.2) is 0 Å². The summed E-state index contributed by atoms with van der Waals surface area (Å²) < 4.78 is 0. The number of hydrogen-bond acceptors (Lipinski definition) is 4. The van der Waals surface area contributed by atoms with Crippen molar-refractivity contribution in [1.29, 1.82) is 0 Å². The Hall–Kier alpha value is -2.73. The zero-order chi connectivity index (χ0) is 16.1. The first-order valence-electron chi connectivity index (χ1n) is 6.76. The zero-order valence-corrected chi connectivity index (χ0v) is 11.8. The lowest BCUT2D eigenvalue weighted by Gasteiger charge is -2.09. The van der Waals surface area contributed by atoms with Crippen LogP contribution in [0.15, 0.2) is 48.5 Å². The van der Waals surface area contributed by atoms with Crippen molar-refractivity contribution in [3.8, 4) is 0 Å². The number of hydrogen-bond donors (Lipinski definition) is 2. The molecule has 114 valence electrons. The number of nitrogens with zero attached hydrogens (tertiary/aromatic N) is 1. The molecule has 0 aromatic heterocycles. The highest BCUT2D eigenvalue weighted by Crippen LogP contribution is 2.23. The monoisotopic (exact) mass is 300 g/mol. The number of carbonyl (C=O) groups is 1. The summed E-state index contributed by atoms with van der Waals surface area (Å²) in [4.78, 5) is 21.4. The maximum atomic E-state index is 11.1. The van der Waals surface area contributed by atoms with Crippen LogP contribution in [-0.2, 0) is 17.6 Å². The van der Waals surface area contributed by atoms with Crippen LogP contribution in [0.25, 0.3) is 0 Å². The largest absolute Gasteiger partial charge is 0.480 e. The molecule has 0 heterocycles. The lowest BCUT2D eigenvalue weighted by molar-refractivity contribution is -0.385. The standard InChI is InChI=1S/C16H16N2O4/c17-14(16(19)20)10-13-9-12(6-7-15(13)18(21)22)8-11-4-2-1-3-5-11/h1-7,9,14H,8,10,17H2,(H,19,20)/t14-/m0/s1. The molecule has 0 saturated carbocycles. The van der Waals surface area contributed by atoms with Gasteiger partial charge in [0.2, 0.25) is 0 Å². The number of aliphatic carboxylic acids is 1. The van der Waals surface area contributed by atoms with Gasteiger partial charge in [0.15, 0.2) is 0 Å². The molecule has 0 aliphatic heterocycles. The average Bonchev–Trinajstić information content (AvgIpc) is 2.48. The van der Waals surface area contributed by atoms with E-state index in [0.29, 0.717) is 12.0 Å². The number of nitro groups is 1. The molecule has 6 heteroatoms. The highest BCUT2D eigenvalue weighted by Gasteiger charge is 2.20. The molecule has 2 aromatic carbocycles. The Kier molecular flexibility index (Phi) is 4.85. The van der Waals surface area contributed by atoms with Crippen LogP contribution in [0, 0.1) is 10.1 Å². The van der Waals surface area contributed by atoms with Crippen molar-refractivity contribution in [3.05, 3.63) is 75.3 Å². The van der Waals surface area contributed by atoms with Crippen LogP contribution in [-0.4, -0.2) is 22.0 Å². The summed E-state index contributed by atoms with van der Waals surface area (Å²) in [5.41, 5.74) is 7.69. The molecule has 0 radical (unpaired) electrons. The van der Waals surface area contributed by atoms with Crippen LogP contribution in [0.5, 0.6) is 0 Å². The van der Waals surface area contributed by atoms with Gasteiger partial charge in [-0.2, -0.15) is 0 Å². The summed E-state index contributed by atoms with van der Waals surface area (Å²) in [5.74, 6) is -1.18. The summed E-state index contributed by atoms with van der Waals surface area (Å²) in [7, 11) is 0. The van der Waals surface area contributed by atoms with Gasteiger partial charge in [0.25, 0.3) is 5.69 Å². The zero-order valence-electron chi connectivity index (χ0n) is 11.8. The van der Waals surface area contributed by atoms with Crippen LogP contribution in [0.1, 0.15) is 16.7 Å². The van der Waals surface area contributed by atoms with Gasteiger partial charge in [0.1, 0.15) is 6.04 Å². The molecule has 1 atom stereocenters. The fraction of sp³-hybridized carbons (Fsp3) is 0.188. The minimum atomic E-state index is -1.18. The molecule has 0 bridgehead atoms. The number of benzene rings is 2. The number of rotatable bonds is 6. The molecule has 0 saturated heterocycles. The third-order valence-corrected chi connectivity index (χ3v) is 3.35. The van der Waals surface area contributed by atoms with E-state index in [0.717, 1.165) is 11.1 Å². The quantitative estimate of drug-likeness (QED) is 0.628. The number of nitrogens with two attached hydrogens (primary N) is 1. The molecule has 0 unspecified atom stereocenters. The van der Waals surface area contributed by atoms with Crippen molar-refractivity contribution >= 4 is 11.7 Å². The Morgan fingerprint density at radius 3 is 2.45 bits per heavy atom. The van der Waals surface area contributed by atoms with Crippen molar-refractivity contribution in [1.82, 2.24) is 0 Å². The fourth-order valence-electron chi connectivity index (χ4n) is 2.25. The summed E-state index contributed by atoms with van der Waals surface area (Å²) in [5, 5.41) is 19.9. The van der Waals surface area contributed by atoms with E-state index in [9.17, 15) is 14.9 Å². The fourth-order valence-corrected chi connectivity index (χ4v) is 2.25. The van der Waals surface area contributed by atoms with Crippen LogP contribution >= 0.6 is 0 Å². The lowest BCUT2D eigenvalue weighted by atomic mass is 9.98. The third-order valence-electron chi connectivity index (χ3n) is 3.35. The maximum absolute atomic E-state index is 11.1. The molecule has 22 heavy (non-hydrogen) atoms. The maximum Gasteiger partial charge on any atom is 0.320 e. The van der Waals surface area contributed by atoms with Gasteiger partial charge < -0.3 is 10.8 Å². The SMILES string of the molecule is N[C@@H](Cc1cc(Cc2ccccc2)ccc1[N+](=O)[O-])C(=O)O. The van der Waals surface area contributed by atoms with Crippen LogP contribution in [0.3, 0.4) is 0 Å². The van der Waals surface area contributed by atoms with Gasteiger partial charge in [-0.1, -0.05) is 36.4 Å². The first-order valence-corrected chi connectivity index (χ1v) is 6.76. The molecule has 0 fully saturated rings. The Balaban J connectivity index is 2.30. The van der Waals surface area contributed by atoms with Crippen LogP contribution < -0.4 is 5.73 Å². The predicted octanol–water partition coefficient (Wildman–Crippen LogP) is 2.14. The molecule has 2 aromatic rings. The molecule has 0 spiro atoms. The lowest BCUT2D eigenvalue weighted by Crippen LogP contribution is -2.32. The second-order valence-corrected chi connectivity index (χ2v) is 5.03. The van der Waals surface area contributed by atoms with Crippen molar-refractivity contribution in [3.63, 3.8) is 0 Å². The van der Waals surface area contributed by atoms with E-state index in [4.69, 9.17) is 10.8 Å². The van der Waals surface area contributed by atoms with Gasteiger partial charge >= 0.3 is 5.97 Å². The van der Waals surface area contributed by atoms with E-state index in [1.54, 1.807) is 12.1 Å². The van der Waals surface area contributed by atoms with E-state index in [-0.39, 0.29) is 12.1 Å². The van der Waals surface area contributed by atoms with E-state index in [2.05, 4.69) is 0 Å². The van der Waals surface area contributed by atoms with Crippen LogP contribution in [0.2, 0.25) is 0 Å². The van der Waals surface area contributed by atoms with E-state index in [1.807, 2.05) is 30.3 Å². The second-order valence-electron chi connectivity index (χ2n) is 5.03. The highest BCUT2D eigenvalue weighted by atomic mass is 16.6. The Labute approximate surface area is 127 Å². The van der Waals surface area contributed by atoms with Gasteiger partial charge in [0.05, 0.1) is 4.92 Å². The van der Waals surface area contributed by atoms with Gasteiger partial charge in [-0.15, -0.1) is 0 Å². The summed E-state index contributed by atoms with van der Waals surface area (Å²) in [6.45, 7) is 0. The molecular weight excluding hydrogens is 284 g/mol. The van der Waals surface area contributed by atoms with Crippen molar-refractivity contribution in [2.24, 2.45) is 5.73 Å². The number of carboxylic acids is 1. The highest BCUT2D eigenvalue weighted by molar-refractivity contribution is 5.73. The summed E-state index contributed by atoms with van der Waals surface area (Å²) in [6, 6.07) is 13.3. The van der Waals surface area contributed by atoms with E-state index in [1.165, 1.54) is 6.07 Å². The normalized spacial score (nSPS) is 11.9. The van der Waals surface area contributed by atoms with Crippen LogP contribution in [0.4, 0.5) is 5.69 Å². The third kappa shape index (κ3) is 3.89. The Morgan fingerprint density at radius 1 is 1.18 bits per heavy atom. The summed E-state index contributed by atoms with van der Waals surface area (Å²) >= 11 is 0. The smallest absolute Gasteiger partial charge is 0.320 e. The molecule has 3 N–H and O–H groups in total. The molecule has 0 amide bonds. The molecule has 0 aliphatic carbocycles. The van der Waals surface area contributed by atoms with E-state index >= 15 is 0 Å². The second kappa shape index (κ2) is 6.82. The Bertz CT molecular complexity index is 686. The molecule has 6 nitrogen and oxygen atoms in total. The first kappa shape index (κ1) is 15.7. The molecule has 0 aliphatic rings. The number of carboxylic acid groups (broad SMARTS) is 1. The topological polar surface area (TPSA) is 106 Å². The van der Waals surface area contributed by atoms with Gasteiger partial charge in [-0.05, 0) is 23.6 Å². The predicted molar refractivity (Wildman–Crippen MR) is 81.7 cm³/mol. The van der Waals surface area contributed by atoms with Crippen molar-refractivity contribution in [2.75, 3.05) is 0 Å². The average molecular weight is 300 g/mol. The Morgan fingerprint density at radius 2 is 1.86 bits per heavy atom. The minimum Gasteiger partial charge on any atom is -0.480 e. The summed E-state index contributed by atoms with van der Waals surface area (Å²) in [6.07, 6.45) is 0.544. The molecular formula is C16H16N2O4. The minimum absolute atomic E-state index is 0.0751. The molecule has 2 rings (SSSR count). The van der Waals surface area contributed by atoms with Crippen molar-refractivity contribution in [2.45, 2.75) is 18.9 Å². The van der Waals surface area contributed by atoms with Crippen molar-refractivity contribution < 1.29 is 14.8 Å². The van der Waals surface area contributed by atoms with Gasteiger partial charge in [0, 0.05) is 18.1 Å². The first-order chi connectivity index (χ1) is 10.5. The van der Waals surface area contributed by atoms with Gasteiger partial charge in [-0.3, -0.25) is 14.9 Å². The number of nitro benzene ring substituents is 1.